The third kappa shape index (κ3) is 5.17. The van der Waals surface area contributed by atoms with Gasteiger partial charge in [-0.05, 0) is 17.7 Å². The highest BCUT2D eigenvalue weighted by molar-refractivity contribution is 5.15. The molecule has 0 aliphatic carbocycles. The molecule has 0 saturated carbocycles. The lowest BCUT2D eigenvalue weighted by Crippen LogP contribution is -2.47. The van der Waals surface area contributed by atoms with Gasteiger partial charge in [-0.2, -0.15) is 0 Å². The highest BCUT2D eigenvalue weighted by atomic mass is 16.5. The van der Waals surface area contributed by atoms with Gasteiger partial charge in [0, 0.05) is 32.7 Å². The van der Waals surface area contributed by atoms with E-state index >= 15 is 0 Å². The Kier molecular flexibility index (Phi) is 6.41. The zero-order chi connectivity index (χ0) is 16.6. The fourth-order valence-corrected chi connectivity index (χ4v) is 3.31. The molecule has 1 aliphatic heterocycles. The quantitative estimate of drug-likeness (QED) is 0.776. The molecule has 0 aromatic heterocycles. The predicted octanol–water partition coefficient (Wildman–Crippen LogP) is 3.41. The van der Waals surface area contributed by atoms with Crippen molar-refractivity contribution in [2.45, 2.75) is 26.1 Å². The Hall–Kier alpha value is -1.68. The predicted molar refractivity (Wildman–Crippen MR) is 98.9 cm³/mol. The lowest BCUT2D eigenvalue weighted by molar-refractivity contribution is -0.0463. The van der Waals surface area contributed by atoms with E-state index in [1.54, 1.807) is 0 Å². The molecule has 1 unspecified atom stereocenters. The molecular formula is C21H28N2O. The fourth-order valence-electron chi connectivity index (χ4n) is 3.31. The molecule has 2 aromatic carbocycles. The molecule has 1 fully saturated rings. The van der Waals surface area contributed by atoms with Gasteiger partial charge in [-0.25, -0.2) is 0 Å². The van der Waals surface area contributed by atoms with Crippen LogP contribution in [0.3, 0.4) is 0 Å². The van der Waals surface area contributed by atoms with Crippen molar-refractivity contribution in [1.29, 1.82) is 0 Å². The van der Waals surface area contributed by atoms with Gasteiger partial charge in [-0.1, -0.05) is 67.6 Å². The van der Waals surface area contributed by atoms with Gasteiger partial charge in [0.05, 0.1) is 12.7 Å². The van der Waals surface area contributed by atoms with E-state index in [0.29, 0.717) is 6.10 Å². The molecule has 128 valence electrons. The molecule has 0 radical (unpaired) electrons. The van der Waals surface area contributed by atoms with Gasteiger partial charge in [0.25, 0.3) is 0 Å². The summed E-state index contributed by atoms with van der Waals surface area (Å²) in [7, 11) is 0. The summed E-state index contributed by atoms with van der Waals surface area (Å²) < 4.78 is 6.03. The summed E-state index contributed by atoms with van der Waals surface area (Å²) in [6.07, 6.45) is 0.297. The van der Waals surface area contributed by atoms with Crippen molar-refractivity contribution in [2.24, 2.45) is 0 Å². The third-order valence-corrected chi connectivity index (χ3v) is 4.63. The number of hydrogen-bond acceptors (Lipinski definition) is 3. The number of hydrogen-bond donors (Lipinski definition) is 0. The molecule has 3 rings (SSSR count). The summed E-state index contributed by atoms with van der Waals surface area (Å²) in [5, 5.41) is 0. The van der Waals surface area contributed by atoms with Gasteiger partial charge in [0.15, 0.2) is 0 Å². The maximum Gasteiger partial charge on any atom is 0.0829 e. The molecule has 1 saturated heterocycles. The van der Waals surface area contributed by atoms with E-state index in [2.05, 4.69) is 77.4 Å². The van der Waals surface area contributed by atoms with Crippen LogP contribution in [0.2, 0.25) is 0 Å². The second kappa shape index (κ2) is 8.97. The topological polar surface area (TPSA) is 15.7 Å². The van der Waals surface area contributed by atoms with Crippen molar-refractivity contribution in [2.75, 3.05) is 32.8 Å². The van der Waals surface area contributed by atoms with Crippen molar-refractivity contribution in [3.63, 3.8) is 0 Å². The number of ether oxygens (including phenoxy) is 1. The van der Waals surface area contributed by atoms with E-state index in [-0.39, 0.29) is 0 Å². The SMILES string of the molecule is CCN(Cc1ccccc1)CC1CN(Cc2ccccc2)CCO1. The molecule has 1 atom stereocenters. The van der Waals surface area contributed by atoms with Crippen LogP contribution in [0.1, 0.15) is 18.1 Å². The van der Waals surface area contributed by atoms with Crippen molar-refractivity contribution in [1.82, 2.24) is 9.80 Å². The Labute approximate surface area is 145 Å². The molecule has 2 aromatic rings. The van der Waals surface area contributed by atoms with E-state index in [0.717, 1.165) is 45.9 Å². The van der Waals surface area contributed by atoms with Crippen molar-refractivity contribution in [3.05, 3.63) is 71.8 Å². The van der Waals surface area contributed by atoms with Crippen molar-refractivity contribution >= 4 is 0 Å². The van der Waals surface area contributed by atoms with Crippen LogP contribution in [0.25, 0.3) is 0 Å². The summed E-state index contributed by atoms with van der Waals surface area (Å²) in [5.74, 6) is 0. The minimum atomic E-state index is 0.297. The Bertz CT molecular complexity index is 587. The Morgan fingerprint density at radius 3 is 2.33 bits per heavy atom. The van der Waals surface area contributed by atoms with E-state index in [4.69, 9.17) is 4.74 Å². The maximum absolute atomic E-state index is 6.03. The van der Waals surface area contributed by atoms with Crippen LogP contribution >= 0.6 is 0 Å². The minimum Gasteiger partial charge on any atom is -0.374 e. The van der Waals surface area contributed by atoms with Crippen LogP contribution in [0.15, 0.2) is 60.7 Å². The van der Waals surface area contributed by atoms with Gasteiger partial charge in [0.1, 0.15) is 0 Å². The summed E-state index contributed by atoms with van der Waals surface area (Å²) in [6.45, 7) is 9.16. The molecule has 0 amide bonds. The first-order valence-electron chi connectivity index (χ1n) is 8.97. The summed E-state index contributed by atoms with van der Waals surface area (Å²) in [5.41, 5.74) is 2.76. The van der Waals surface area contributed by atoms with Gasteiger partial charge in [-0.15, -0.1) is 0 Å². The van der Waals surface area contributed by atoms with Gasteiger partial charge in [-0.3, -0.25) is 9.80 Å². The van der Waals surface area contributed by atoms with Crippen LogP contribution < -0.4 is 0 Å². The molecule has 1 aliphatic rings. The summed E-state index contributed by atoms with van der Waals surface area (Å²) in [4.78, 5) is 4.99. The van der Waals surface area contributed by atoms with E-state index in [1.165, 1.54) is 11.1 Å². The van der Waals surface area contributed by atoms with Crippen LogP contribution in [0, 0.1) is 0 Å². The first-order chi connectivity index (χ1) is 11.8. The second-order valence-corrected chi connectivity index (χ2v) is 6.53. The molecule has 1 heterocycles. The van der Waals surface area contributed by atoms with Crippen LogP contribution in [0.5, 0.6) is 0 Å². The molecule has 0 bridgehead atoms. The van der Waals surface area contributed by atoms with Gasteiger partial charge >= 0.3 is 0 Å². The highest BCUT2D eigenvalue weighted by Gasteiger charge is 2.22. The summed E-state index contributed by atoms with van der Waals surface area (Å²) in [6, 6.07) is 21.4. The highest BCUT2D eigenvalue weighted by Crippen LogP contribution is 2.13. The normalized spacial score (nSPS) is 18.8. The lowest BCUT2D eigenvalue weighted by atomic mass is 10.1. The number of likely N-dealkylation sites (N-methyl/N-ethyl adjacent to an activating group) is 1. The standard InChI is InChI=1S/C21H28N2O/c1-2-22(15-19-9-5-3-6-10-19)17-21-18-23(13-14-24-21)16-20-11-7-4-8-12-20/h3-12,21H,2,13-18H2,1H3. The molecule has 0 N–H and O–H groups in total. The Morgan fingerprint density at radius 2 is 1.67 bits per heavy atom. The fraction of sp³-hybridized carbons (Fsp3) is 0.429. The first-order valence-corrected chi connectivity index (χ1v) is 8.97. The second-order valence-electron chi connectivity index (χ2n) is 6.53. The lowest BCUT2D eigenvalue weighted by Gasteiger charge is -2.35. The molecule has 24 heavy (non-hydrogen) atoms. The minimum absolute atomic E-state index is 0.297. The van der Waals surface area contributed by atoms with Gasteiger partial charge < -0.3 is 4.74 Å². The van der Waals surface area contributed by atoms with E-state index < -0.39 is 0 Å². The molecule has 3 heteroatoms. The first kappa shape index (κ1) is 17.2. The average molecular weight is 324 g/mol. The number of benzene rings is 2. The molecule has 3 nitrogen and oxygen atoms in total. The molecular weight excluding hydrogens is 296 g/mol. The average Bonchev–Trinajstić information content (AvgIpc) is 2.63. The van der Waals surface area contributed by atoms with E-state index in [9.17, 15) is 0 Å². The van der Waals surface area contributed by atoms with Crippen LogP contribution in [0.4, 0.5) is 0 Å². The largest absolute Gasteiger partial charge is 0.374 e. The monoisotopic (exact) mass is 324 g/mol. The van der Waals surface area contributed by atoms with Crippen molar-refractivity contribution in [3.8, 4) is 0 Å². The van der Waals surface area contributed by atoms with Crippen LogP contribution in [-0.4, -0.2) is 48.7 Å². The number of morpholine rings is 1. The zero-order valence-electron chi connectivity index (χ0n) is 14.6. The van der Waals surface area contributed by atoms with E-state index in [1.807, 2.05) is 0 Å². The Balaban J connectivity index is 1.52. The third-order valence-electron chi connectivity index (χ3n) is 4.63. The smallest absolute Gasteiger partial charge is 0.0829 e. The van der Waals surface area contributed by atoms with Gasteiger partial charge in [0.2, 0.25) is 0 Å². The zero-order valence-corrected chi connectivity index (χ0v) is 14.6. The number of rotatable bonds is 7. The summed E-state index contributed by atoms with van der Waals surface area (Å²) >= 11 is 0. The Morgan fingerprint density at radius 1 is 1.00 bits per heavy atom. The van der Waals surface area contributed by atoms with Crippen molar-refractivity contribution < 1.29 is 4.74 Å². The van der Waals surface area contributed by atoms with Crippen LogP contribution in [-0.2, 0) is 17.8 Å². The number of nitrogens with zero attached hydrogens (tertiary/aromatic N) is 2. The molecule has 0 spiro atoms. The maximum atomic E-state index is 6.03.